The Morgan fingerprint density at radius 1 is 0.964 bits per heavy atom. The van der Waals surface area contributed by atoms with Gasteiger partial charge in [-0.05, 0) is 66.5 Å². The molecule has 2 aromatic rings. The van der Waals surface area contributed by atoms with Crippen LogP contribution in [0.15, 0.2) is 58.1 Å². The van der Waals surface area contributed by atoms with Gasteiger partial charge in [0.2, 0.25) is 0 Å². The standard InChI is InChI=1S/C22H17ClN2O3/c23-12-3-1-11(2-4-12)18-8-5-13(28-18)10-24-25-21(26)19-14-6-7-15(17-9-16(14)17)20(19)22(25)27/h1-8,10,14-17,19-20H,9H2/b24-10-/t14-,15-,16-,17+,19-,20+/m1/s1. The SMILES string of the molecule is O=C1[C@@H]2[C@@H]3C=C[C@H]([C@@H]4C[C@H]34)[C@@H]2C(=O)N1/N=C\c1ccc(-c2ccc(Cl)cc2)o1. The molecule has 6 heteroatoms. The molecular weight excluding hydrogens is 376 g/mol. The fourth-order valence-corrected chi connectivity index (χ4v) is 5.49. The van der Waals surface area contributed by atoms with E-state index in [9.17, 15) is 9.59 Å². The summed E-state index contributed by atoms with van der Waals surface area (Å²) in [5, 5.41) is 5.93. The molecule has 2 bridgehead atoms. The van der Waals surface area contributed by atoms with E-state index in [-0.39, 0.29) is 35.5 Å². The van der Waals surface area contributed by atoms with E-state index in [1.54, 1.807) is 18.2 Å². The van der Waals surface area contributed by atoms with Crippen molar-refractivity contribution in [1.29, 1.82) is 0 Å². The zero-order valence-electron chi connectivity index (χ0n) is 14.9. The molecule has 2 heterocycles. The lowest BCUT2D eigenvalue weighted by Gasteiger charge is -2.37. The van der Waals surface area contributed by atoms with Gasteiger partial charge < -0.3 is 4.42 Å². The molecule has 1 saturated heterocycles. The summed E-state index contributed by atoms with van der Waals surface area (Å²) in [5.74, 6) is 1.95. The van der Waals surface area contributed by atoms with Gasteiger partial charge in [0.1, 0.15) is 11.5 Å². The minimum atomic E-state index is -0.232. The van der Waals surface area contributed by atoms with E-state index in [1.807, 2.05) is 18.2 Å². The second-order valence-corrected chi connectivity index (χ2v) is 8.53. The van der Waals surface area contributed by atoms with Gasteiger partial charge in [-0.25, -0.2) is 0 Å². The van der Waals surface area contributed by atoms with Crippen molar-refractivity contribution in [2.45, 2.75) is 6.42 Å². The maximum atomic E-state index is 12.9. The molecule has 2 saturated carbocycles. The van der Waals surface area contributed by atoms with Crippen LogP contribution in [0.3, 0.4) is 0 Å². The molecule has 1 aliphatic heterocycles. The van der Waals surface area contributed by atoms with Crippen molar-refractivity contribution < 1.29 is 14.0 Å². The molecule has 0 spiro atoms. The number of hydrogen-bond donors (Lipinski definition) is 0. The van der Waals surface area contributed by atoms with E-state index in [1.165, 1.54) is 6.21 Å². The Morgan fingerprint density at radius 3 is 2.25 bits per heavy atom. The summed E-state index contributed by atoms with van der Waals surface area (Å²) >= 11 is 5.92. The molecule has 5 aliphatic rings. The first kappa shape index (κ1) is 16.3. The number of carbonyl (C=O) groups is 2. The topological polar surface area (TPSA) is 62.9 Å². The van der Waals surface area contributed by atoms with Gasteiger partial charge in [0.05, 0.1) is 18.1 Å². The minimum absolute atomic E-state index is 0.166. The Labute approximate surface area is 166 Å². The molecular formula is C22H17ClN2O3. The van der Waals surface area contributed by atoms with E-state index in [0.717, 1.165) is 17.0 Å². The van der Waals surface area contributed by atoms with E-state index >= 15 is 0 Å². The van der Waals surface area contributed by atoms with Crippen molar-refractivity contribution in [1.82, 2.24) is 5.01 Å². The number of halogens is 1. The third-order valence-electron chi connectivity index (χ3n) is 6.70. The summed E-state index contributed by atoms with van der Waals surface area (Å²) in [6, 6.07) is 10.9. The lowest BCUT2D eigenvalue weighted by atomic mass is 9.63. The minimum Gasteiger partial charge on any atom is -0.455 e. The zero-order chi connectivity index (χ0) is 19.0. The van der Waals surface area contributed by atoms with Crippen molar-refractivity contribution in [2.75, 3.05) is 0 Å². The molecule has 28 heavy (non-hydrogen) atoms. The first-order valence-corrected chi connectivity index (χ1v) is 9.95. The Morgan fingerprint density at radius 2 is 1.61 bits per heavy atom. The number of hydrogen-bond acceptors (Lipinski definition) is 4. The van der Waals surface area contributed by atoms with Crippen LogP contribution in [0, 0.1) is 35.5 Å². The van der Waals surface area contributed by atoms with Crippen LogP contribution in [0.25, 0.3) is 11.3 Å². The molecule has 1 aromatic heterocycles. The largest absolute Gasteiger partial charge is 0.455 e. The van der Waals surface area contributed by atoms with Gasteiger partial charge in [-0.1, -0.05) is 23.8 Å². The van der Waals surface area contributed by atoms with Gasteiger partial charge >= 0.3 is 0 Å². The van der Waals surface area contributed by atoms with Crippen molar-refractivity contribution in [3.05, 3.63) is 59.3 Å². The maximum Gasteiger partial charge on any atom is 0.254 e. The van der Waals surface area contributed by atoms with Crippen molar-refractivity contribution in [2.24, 2.45) is 40.6 Å². The molecule has 0 radical (unpaired) electrons. The number of allylic oxidation sites excluding steroid dienone is 2. The van der Waals surface area contributed by atoms with Crippen LogP contribution >= 0.6 is 11.6 Å². The molecule has 2 amide bonds. The third kappa shape index (κ3) is 2.23. The van der Waals surface area contributed by atoms with E-state index in [2.05, 4.69) is 17.3 Å². The quantitative estimate of drug-likeness (QED) is 0.451. The van der Waals surface area contributed by atoms with Crippen molar-refractivity contribution in [3.63, 3.8) is 0 Å². The number of amides is 2. The molecule has 6 atom stereocenters. The number of rotatable bonds is 3. The summed E-state index contributed by atoms with van der Waals surface area (Å²) in [7, 11) is 0. The average molecular weight is 393 g/mol. The summed E-state index contributed by atoms with van der Waals surface area (Å²) in [6.07, 6.45) is 6.91. The highest BCUT2D eigenvalue weighted by Gasteiger charge is 2.67. The highest BCUT2D eigenvalue weighted by atomic mass is 35.5. The Hall–Kier alpha value is -2.66. The molecule has 7 rings (SSSR count). The van der Waals surface area contributed by atoms with Crippen molar-refractivity contribution >= 4 is 29.6 Å². The molecule has 5 nitrogen and oxygen atoms in total. The lowest BCUT2D eigenvalue weighted by molar-refractivity contribution is -0.140. The van der Waals surface area contributed by atoms with Crippen LogP contribution in [0.2, 0.25) is 5.02 Å². The number of benzene rings is 1. The van der Waals surface area contributed by atoms with Gasteiger partial charge in [0.25, 0.3) is 11.8 Å². The van der Waals surface area contributed by atoms with Crippen LogP contribution in [0.1, 0.15) is 12.2 Å². The van der Waals surface area contributed by atoms with Gasteiger partial charge in [0.15, 0.2) is 0 Å². The maximum absolute atomic E-state index is 12.9. The second kappa shape index (κ2) is 5.67. The van der Waals surface area contributed by atoms with E-state index in [4.69, 9.17) is 16.0 Å². The molecule has 3 fully saturated rings. The average Bonchev–Trinajstić information content (AvgIpc) is 3.34. The molecule has 4 aliphatic carbocycles. The number of furan rings is 1. The second-order valence-electron chi connectivity index (χ2n) is 8.10. The van der Waals surface area contributed by atoms with Crippen LogP contribution in [0.4, 0.5) is 0 Å². The number of carbonyl (C=O) groups excluding carboxylic acids is 2. The lowest BCUT2D eigenvalue weighted by Crippen LogP contribution is -2.40. The Kier molecular flexibility index (Phi) is 3.30. The fraction of sp³-hybridized carbons (Fsp3) is 0.318. The van der Waals surface area contributed by atoms with Crippen LogP contribution < -0.4 is 0 Å². The summed E-state index contributed by atoms with van der Waals surface area (Å²) in [4.78, 5) is 25.8. The summed E-state index contributed by atoms with van der Waals surface area (Å²) in [6.45, 7) is 0. The smallest absolute Gasteiger partial charge is 0.254 e. The summed E-state index contributed by atoms with van der Waals surface area (Å²) < 4.78 is 5.78. The number of hydrazone groups is 1. The highest BCUT2D eigenvalue weighted by Crippen LogP contribution is 2.65. The fourth-order valence-electron chi connectivity index (χ4n) is 5.36. The predicted molar refractivity (Wildman–Crippen MR) is 103 cm³/mol. The van der Waals surface area contributed by atoms with E-state index < -0.39 is 0 Å². The Bertz CT molecular complexity index is 1020. The predicted octanol–water partition coefficient (Wildman–Crippen LogP) is 3.99. The van der Waals surface area contributed by atoms with E-state index in [0.29, 0.717) is 28.4 Å². The third-order valence-corrected chi connectivity index (χ3v) is 6.95. The molecule has 0 unspecified atom stereocenters. The molecule has 1 aromatic carbocycles. The van der Waals surface area contributed by atoms with Crippen molar-refractivity contribution in [3.8, 4) is 11.3 Å². The number of imide groups is 1. The monoisotopic (exact) mass is 392 g/mol. The highest BCUT2D eigenvalue weighted by molar-refractivity contribution is 6.30. The van der Waals surface area contributed by atoms with Gasteiger partial charge in [-0.3, -0.25) is 9.59 Å². The first-order valence-electron chi connectivity index (χ1n) is 9.58. The van der Waals surface area contributed by atoms with Gasteiger partial charge in [-0.2, -0.15) is 10.1 Å². The number of nitrogens with zero attached hydrogens (tertiary/aromatic N) is 2. The summed E-state index contributed by atoms with van der Waals surface area (Å²) in [5.41, 5.74) is 0.894. The molecule has 140 valence electrons. The van der Waals surface area contributed by atoms with Crippen LogP contribution in [0.5, 0.6) is 0 Å². The van der Waals surface area contributed by atoms with Crippen LogP contribution in [-0.2, 0) is 9.59 Å². The first-order chi connectivity index (χ1) is 13.6. The molecule has 0 N–H and O–H groups in total. The van der Waals surface area contributed by atoms with Gasteiger partial charge in [-0.15, -0.1) is 0 Å². The Balaban J connectivity index is 1.24. The zero-order valence-corrected chi connectivity index (χ0v) is 15.6. The normalized spacial score (nSPS) is 35.0. The van der Waals surface area contributed by atoms with Crippen LogP contribution in [-0.4, -0.2) is 23.0 Å². The van der Waals surface area contributed by atoms with Gasteiger partial charge in [0, 0.05) is 10.6 Å².